The van der Waals surface area contributed by atoms with Crippen molar-refractivity contribution >= 4 is 23.0 Å². The standard InChI is InChI=1S/C22H17N3O3/c1-14-10-11-15(28-14)13-23-25-22(27)18-12-20(17-7-3-5-9-21(17)26)24-19-8-4-2-6-16(18)19/h2-13,26H,1H3,(H,25,27)/b23-13-. The van der Waals surface area contributed by atoms with Crippen LogP contribution in [0.4, 0.5) is 0 Å². The maximum absolute atomic E-state index is 12.8. The fraction of sp³-hybridized carbons (Fsp3) is 0.0455. The van der Waals surface area contributed by atoms with Gasteiger partial charge in [0.25, 0.3) is 5.91 Å². The van der Waals surface area contributed by atoms with Gasteiger partial charge in [-0.3, -0.25) is 4.79 Å². The van der Waals surface area contributed by atoms with Crippen LogP contribution in [0.5, 0.6) is 5.75 Å². The molecule has 0 aliphatic rings. The van der Waals surface area contributed by atoms with Crippen LogP contribution in [0.2, 0.25) is 0 Å². The first-order valence-corrected chi connectivity index (χ1v) is 8.70. The van der Waals surface area contributed by atoms with Crippen molar-refractivity contribution in [2.45, 2.75) is 6.92 Å². The van der Waals surface area contributed by atoms with Crippen molar-refractivity contribution in [3.63, 3.8) is 0 Å². The Labute approximate surface area is 161 Å². The Morgan fingerprint density at radius 2 is 1.89 bits per heavy atom. The number of aryl methyl sites for hydroxylation is 1. The molecule has 0 aliphatic heterocycles. The van der Waals surface area contributed by atoms with Gasteiger partial charge < -0.3 is 9.52 Å². The normalized spacial score (nSPS) is 11.2. The van der Waals surface area contributed by atoms with E-state index in [2.05, 4.69) is 15.5 Å². The highest BCUT2D eigenvalue weighted by Crippen LogP contribution is 2.30. The van der Waals surface area contributed by atoms with E-state index < -0.39 is 0 Å². The number of phenolic OH excluding ortho intramolecular Hbond substituents is 1. The van der Waals surface area contributed by atoms with Crippen LogP contribution in [0.3, 0.4) is 0 Å². The largest absolute Gasteiger partial charge is 0.507 e. The number of furan rings is 1. The number of hydrogen-bond donors (Lipinski definition) is 2. The molecule has 2 aromatic carbocycles. The van der Waals surface area contributed by atoms with Crippen LogP contribution >= 0.6 is 0 Å². The van der Waals surface area contributed by atoms with E-state index in [0.29, 0.717) is 33.5 Å². The fourth-order valence-electron chi connectivity index (χ4n) is 2.93. The molecule has 2 heterocycles. The predicted octanol–water partition coefficient (Wildman–Crippen LogP) is 4.27. The molecule has 2 N–H and O–H groups in total. The monoisotopic (exact) mass is 371 g/mol. The van der Waals surface area contributed by atoms with E-state index in [9.17, 15) is 9.90 Å². The van der Waals surface area contributed by atoms with Crippen molar-refractivity contribution in [1.29, 1.82) is 0 Å². The number of para-hydroxylation sites is 2. The van der Waals surface area contributed by atoms with Gasteiger partial charge in [0.1, 0.15) is 17.3 Å². The molecule has 0 spiro atoms. The van der Waals surface area contributed by atoms with Gasteiger partial charge in [-0.05, 0) is 43.3 Å². The highest BCUT2D eigenvalue weighted by atomic mass is 16.3. The first-order valence-electron chi connectivity index (χ1n) is 8.70. The Bertz CT molecular complexity index is 1190. The van der Waals surface area contributed by atoms with Crippen LogP contribution < -0.4 is 5.43 Å². The Morgan fingerprint density at radius 3 is 2.68 bits per heavy atom. The smallest absolute Gasteiger partial charge is 0.272 e. The van der Waals surface area contributed by atoms with E-state index in [0.717, 1.165) is 5.76 Å². The van der Waals surface area contributed by atoms with Crippen molar-refractivity contribution in [2.75, 3.05) is 0 Å². The molecule has 6 nitrogen and oxygen atoms in total. The summed E-state index contributed by atoms with van der Waals surface area (Å²) in [7, 11) is 0. The van der Waals surface area contributed by atoms with E-state index in [4.69, 9.17) is 4.42 Å². The van der Waals surface area contributed by atoms with Gasteiger partial charge in [-0.1, -0.05) is 30.3 Å². The lowest BCUT2D eigenvalue weighted by Crippen LogP contribution is -2.18. The summed E-state index contributed by atoms with van der Waals surface area (Å²) < 4.78 is 5.39. The molecule has 28 heavy (non-hydrogen) atoms. The van der Waals surface area contributed by atoms with Gasteiger partial charge in [0.05, 0.1) is 23.0 Å². The van der Waals surface area contributed by atoms with E-state index in [1.54, 1.807) is 36.4 Å². The van der Waals surface area contributed by atoms with Crippen LogP contribution in [0.25, 0.3) is 22.2 Å². The minimum atomic E-state index is -0.380. The summed E-state index contributed by atoms with van der Waals surface area (Å²) in [5.41, 5.74) is 4.65. The number of hydrazone groups is 1. The van der Waals surface area contributed by atoms with Crippen LogP contribution in [-0.4, -0.2) is 22.2 Å². The number of benzene rings is 2. The van der Waals surface area contributed by atoms with Gasteiger partial charge in [-0.15, -0.1) is 0 Å². The fourth-order valence-corrected chi connectivity index (χ4v) is 2.93. The highest BCUT2D eigenvalue weighted by Gasteiger charge is 2.15. The third-order valence-electron chi connectivity index (χ3n) is 4.26. The second kappa shape index (κ2) is 7.36. The molecule has 0 saturated heterocycles. The molecule has 0 atom stereocenters. The molecule has 6 heteroatoms. The summed E-state index contributed by atoms with van der Waals surface area (Å²) in [5, 5.41) is 14.8. The van der Waals surface area contributed by atoms with Crippen molar-refractivity contribution in [1.82, 2.24) is 10.4 Å². The maximum atomic E-state index is 12.8. The molecule has 0 saturated carbocycles. The van der Waals surface area contributed by atoms with Gasteiger partial charge in [0, 0.05) is 10.9 Å². The summed E-state index contributed by atoms with van der Waals surface area (Å²) in [6.45, 7) is 1.83. The molecule has 2 aromatic heterocycles. The highest BCUT2D eigenvalue weighted by molar-refractivity contribution is 6.07. The Hall–Kier alpha value is -3.93. The van der Waals surface area contributed by atoms with Gasteiger partial charge >= 0.3 is 0 Å². The van der Waals surface area contributed by atoms with Crippen molar-refractivity contribution in [3.8, 4) is 17.0 Å². The zero-order chi connectivity index (χ0) is 19.5. The zero-order valence-electron chi connectivity index (χ0n) is 15.1. The minimum absolute atomic E-state index is 0.0999. The minimum Gasteiger partial charge on any atom is -0.507 e. The number of carbonyl (C=O) groups excluding carboxylic acids is 1. The van der Waals surface area contributed by atoms with E-state index in [-0.39, 0.29) is 11.7 Å². The second-order valence-corrected chi connectivity index (χ2v) is 6.24. The van der Waals surface area contributed by atoms with Crippen LogP contribution in [0.15, 0.2) is 76.2 Å². The van der Waals surface area contributed by atoms with Crippen LogP contribution in [-0.2, 0) is 0 Å². The molecular formula is C22H17N3O3. The average molecular weight is 371 g/mol. The quantitative estimate of drug-likeness (QED) is 0.414. The number of nitrogens with one attached hydrogen (secondary N) is 1. The summed E-state index contributed by atoms with van der Waals surface area (Å²) in [6, 6.07) is 19.5. The molecule has 4 aromatic rings. The van der Waals surface area contributed by atoms with Gasteiger partial charge in [-0.25, -0.2) is 10.4 Å². The van der Waals surface area contributed by atoms with E-state index >= 15 is 0 Å². The van der Waals surface area contributed by atoms with E-state index in [1.807, 2.05) is 37.3 Å². The lowest BCUT2D eigenvalue weighted by Gasteiger charge is -2.10. The lowest BCUT2D eigenvalue weighted by atomic mass is 10.0. The van der Waals surface area contributed by atoms with E-state index in [1.165, 1.54) is 6.21 Å². The van der Waals surface area contributed by atoms with Gasteiger partial charge in [0.15, 0.2) is 0 Å². The number of phenols is 1. The summed E-state index contributed by atoms with van der Waals surface area (Å²) in [4.78, 5) is 17.4. The van der Waals surface area contributed by atoms with Crippen molar-refractivity contribution in [2.24, 2.45) is 5.10 Å². The molecule has 0 radical (unpaired) electrons. The molecule has 138 valence electrons. The molecule has 4 rings (SSSR count). The van der Waals surface area contributed by atoms with Gasteiger partial charge in [-0.2, -0.15) is 5.10 Å². The predicted molar refractivity (Wildman–Crippen MR) is 107 cm³/mol. The Kier molecular flexibility index (Phi) is 4.60. The molecule has 0 aliphatic carbocycles. The number of aromatic hydroxyl groups is 1. The number of nitrogens with zero attached hydrogens (tertiary/aromatic N) is 2. The third-order valence-corrected chi connectivity index (χ3v) is 4.26. The second-order valence-electron chi connectivity index (χ2n) is 6.24. The number of amides is 1. The number of fused-ring (bicyclic) bond motifs is 1. The third kappa shape index (κ3) is 3.48. The molecule has 0 fully saturated rings. The van der Waals surface area contributed by atoms with Crippen molar-refractivity contribution < 1.29 is 14.3 Å². The Balaban J connectivity index is 1.71. The first kappa shape index (κ1) is 17.5. The average Bonchev–Trinajstić information content (AvgIpc) is 3.12. The summed E-state index contributed by atoms with van der Waals surface area (Å²) in [5.74, 6) is 1.03. The number of rotatable bonds is 4. The first-order chi connectivity index (χ1) is 13.6. The topological polar surface area (TPSA) is 87.7 Å². The maximum Gasteiger partial charge on any atom is 0.272 e. The van der Waals surface area contributed by atoms with Crippen LogP contribution in [0.1, 0.15) is 21.9 Å². The van der Waals surface area contributed by atoms with Crippen molar-refractivity contribution in [3.05, 3.63) is 83.8 Å². The zero-order valence-corrected chi connectivity index (χ0v) is 15.1. The summed E-state index contributed by atoms with van der Waals surface area (Å²) >= 11 is 0. The summed E-state index contributed by atoms with van der Waals surface area (Å²) in [6.07, 6.45) is 1.44. The Morgan fingerprint density at radius 1 is 1.11 bits per heavy atom. The molecular weight excluding hydrogens is 354 g/mol. The number of carbonyl (C=O) groups is 1. The van der Waals surface area contributed by atoms with Gasteiger partial charge in [0.2, 0.25) is 0 Å². The van der Waals surface area contributed by atoms with Crippen LogP contribution in [0, 0.1) is 6.92 Å². The lowest BCUT2D eigenvalue weighted by molar-refractivity contribution is 0.0956. The SMILES string of the molecule is Cc1ccc(/C=N\NC(=O)c2cc(-c3ccccc3O)nc3ccccc23)o1. The number of hydrogen-bond acceptors (Lipinski definition) is 5. The molecule has 0 unspecified atom stereocenters. The molecule has 0 bridgehead atoms. The molecule has 1 amide bonds. The number of pyridine rings is 1. The number of aromatic nitrogens is 1.